The molecule has 4 rings (SSSR count). The first kappa shape index (κ1) is 24.4. The molecule has 1 aliphatic heterocycles. The summed E-state index contributed by atoms with van der Waals surface area (Å²) in [4.78, 5) is 43.0. The SMILES string of the molecule is CCC(C(=O)NCC(C)C)N(Cc1ccc(F)cc1)C(=O)CN1C(=O)c2cccc3cccc1c23. The quantitative estimate of drug-likeness (QED) is 0.495. The average Bonchev–Trinajstić information content (AvgIpc) is 3.11. The summed E-state index contributed by atoms with van der Waals surface area (Å²) in [5.41, 5.74) is 1.96. The van der Waals surface area contributed by atoms with E-state index < -0.39 is 6.04 Å². The zero-order chi connectivity index (χ0) is 25.1. The van der Waals surface area contributed by atoms with Gasteiger partial charge in [0, 0.05) is 24.0 Å². The van der Waals surface area contributed by atoms with Crippen molar-refractivity contribution >= 4 is 34.2 Å². The van der Waals surface area contributed by atoms with Crippen LogP contribution in [-0.2, 0) is 16.1 Å². The number of carbonyl (C=O) groups excluding carboxylic acids is 3. The van der Waals surface area contributed by atoms with Crippen molar-refractivity contribution in [2.75, 3.05) is 18.0 Å². The van der Waals surface area contributed by atoms with E-state index in [-0.39, 0.29) is 42.5 Å². The molecule has 182 valence electrons. The molecule has 0 saturated carbocycles. The van der Waals surface area contributed by atoms with E-state index in [9.17, 15) is 18.8 Å². The molecule has 3 aromatic rings. The topological polar surface area (TPSA) is 69.7 Å². The molecule has 0 spiro atoms. The Bertz CT molecular complexity index is 1250. The highest BCUT2D eigenvalue weighted by molar-refractivity contribution is 6.26. The highest BCUT2D eigenvalue weighted by Gasteiger charge is 2.35. The van der Waals surface area contributed by atoms with Crippen molar-refractivity contribution in [2.45, 2.75) is 39.8 Å². The molecule has 0 fully saturated rings. The Morgan fingerprint density at radius 2 is 1.71 bits per heavy atom. The minimum Gasteiger partial charge on any atom is -0.354 e. The van der Waals surface area contributed by atoms with E-state index >= 15 is 0 Å². The summed E-state index contributed by atoms with van der Waals surface area (Å²) < 4.78 is 13.5. The maximum absolute atomic E-state index is 13.7. The molecule has 0 aliphatic carbocycles. The first-order chi connectivity index (χ1) is 16.8. The van der Waals surface area contributed by atoms with Gasteiger partial charge >= 0.3 is 0 Å². The maximum Gasteiger partial charge on any atom is 0.259 e. The molecular formula is C28H30FN3O3. The highest BCUT2D eigenvalue weighted by atomic mass is 19.1. The third-order valence-corrected chi connectivity index (χ3v) is 6.28. The third-order valence-electron chi connectivity index (χ3n) is 6.28. The zero-order valence-corrected chi connectivity index (χ0v) is 20.3. The minimum atomic E-state index is -0.720. The highest BCUT2D eigenvalue weighted by Crippen LogP contribution is 2.37. The molecule has 0 bridgehead atoms. The molecule has 0 saturated heterocycles. The number of halogens is 1. The summed E-state index contributed by atoms with van der Waals surface area (Å²) in [5, 5.41) is 4.69. The number of hydrogen-bond donors (Lipinski definition) is 1. The number of amides is 3. The summed E-state index contributed by atoms with van der Waals surface area (Å²) >= 11 is 0. The Hall–Kier alpha value is -3.74. The van der Waals surface area contributed by atoms with Crippen molar-refractivity contribution in [1.82, 2.24) is 10.2 Å². The second kappa shape index (κ2) is 10.3. The lowest BCUT2D eigenvalue weighted by Crippen LogP contribution is -2.52. The Kier molecular flexibility index (Phi) is 7.15. The van der Waals surface area contributed by atoms with Crippen LogP contribution in [0.5, 0.6) is 0 Å². The van der Waals surface area contributed by atoms with Crippen LogP contribution in [-0.4, -0.2) is 41.8 Å². The molecule has 6 nitrogen and oxygen atoms in total. The molecule has 1 heterocycles. The van der Waals surface area contributed by atoms with Crippen LogP contribution < -0.4 is 10.2 Å². The standard InChI is InChI=1S/C28H30FN3O3/c1-4-23(27(34)30-15-18(2)3)31(16-19-11-13-21(29)14-12-19)25(33)17-32-24-10-6-8-20-7-5-9-22(26(20)24)28(32)35/h5-14,18,23H,4,15-17H2,1-3H3,(H,30,34). The molecule has 0 aromatic heterocycles. The van der Waals surface area contributed by atoms with Gasteiger partial charge in [0.2, 0.25) is 11.8 Å². The molecule has 35 heavy (non-hydrogen) atoms. The number of anilines is 1. The fourth-order valence-electron chi connectivity index (χ4n) is 4.49. The van der Waals surface area contributed by atoms with Crippen LogP contribution in [0.4, 0.5) is 10.1 Å². The second-order valence-electron chi connectivity index (χ2n) is 9.28. The predicted molar refractivity (Wildman–Crippen MR) is 135 cm³/mol. The summed E-state index contributed by atoms with van der Waals surface area (Å²) in [6.45, 7) is 6.28. The lowest BCUT2D eigenvalue weighted by molar-refractivity contribution is -0.140. The Morgan fingerprint density at radius 3 is 2.37 bits per heavy atom. The number of nitrogens with one attached hydrogen (secondary N) is 1. The number of hydrogen-bond acceptors (Lipinski definition) is 3. The molecule has 1 N–H and O–H groups in total. The van der Waals surface area contributed by atoms with Gasteiger partial charge in [-0.15, -0.1) is 0 Å². The van der Waals surface area contributed by atoms with Crippen LogP contribution in [0.15, 0.2) is 60.7 Å². The average molecular weight is 476 g/mol. The molecule has 0 radical (unpaired) electrons. The van der Waals surface area contributed by atoms with Crippen LogP contribution in [0.25, 0.3) is 10.8 Å². The lowest BCUT2D eigenvalue weighted by Gasteiger charge is -2.32. The van der Waals surface area contributed by atoms with Crippen LogP contribution in [0.3, 0.4) is 0 Å². The molecule has 3 aromatic carbocycles. The molecule has 1 unspecified atom stereocenters. The Labute approximate surface area is 204 Å². The van der Waals surface area contributed by atoms with Crippen molar-refractivity contribution < 1.29 is 18.8 Å². The Balaban J connectivity index is 1.63. The van der Waals surface area contributed by atoms with Crippen LogP contribution >= 0.6 is 0 Å². The van der Waals surface area contributed by atoms with Gasteiger partial charge < -0.3 is 10.2 Å². The maximum atomic E-state index is 13.7. The third kappa shape index (κ3) is 5.04. The summed E-state index contributed by atoms with van der Waals surface area (Å²) in [6.07, 6.45) is 0.403. The normalized spacial score (nSPS) is 13.4. The zero-order valence-electron chi connectivity index (χ0n) is 20.3. The van der Waals surface area contributed by atoms with Crippen molar-refractivity contribution in [2.24, 2.45) is 5.92 Å². The van der Waals surface area contributed by atoms with E-state index in [1.165, 1.54) is 21.9 Å². The van der Waals surface area contributed by atoms with Gasteiger partial charge in [-0.1, -0.05) is 57.2 Å². The number of carbonyl (C=O) groups is 3. The first-order valence-corrected chi connectivity index (χ1v) is 11.9. The van der Waals surface area contributed by atoms with Gasteiger partial charge in [0.1, 0.15) is 18.4 Å². The van der Waals surface area contributed by atoms with E-state index in [0.29, 0.717) is 29.8 Å². The minimum absolute atomic E-state index is 0.131. The monoisotopic (exact) mass is 475 g/mol. The summed E-state index contributed by atoms with van der Waals surface area (Å²) in [6, 6.07) is 16.3. The van der Waals surface area contributed by atoms with Gasteiger partial charge in [-0.25, -0.2) is 4.39 Å². The van der Waals surface area contributed by atoms with Gasteiger partial charge in [0.25, 0.3) is 5.91 Å². The van der Waals surface area contributed by atoms with Gasteiger partial charge in [-0.05, 0) is 47.6 Å². The smallest absolute Gasteiger partial charge is 0.259 e. The molecule has 7 heteroatoms. The van der Waals surface area contributed by atoms with Gasteiger partial charge in [-0.2, -0.15) is 0 Å². The number of rotatable bonds is 9. The fourth-order valence-corrected chi connectivity index (χ4v) is 4.49. The van der Waals surface area contributed by atoms with Crippen molar-refractivity contribution in [3.63, 3.8) is 0 Å². The Morgan fingerprint density at radius 1 is 1.03 bits per heavy atom. The number of benzene rings is 3. The fraction of sp³-hybridized carbons (Fsp3) is 0.321. The largest absolute Gasteiger partial charge is 0.354 e. The van der Waals surface area contributed by atoms with E-state index in [0.717, 1.165) is 10.8 Å². The van der Waals surface area contributed by atoms with E-state index in [1.807, 2.05) is 51.1 Å². The van der Waals surface area contributed by atoms with Gasteiger partial charge in [-0.3, -0.25) is 19.3 Å². The van der Waals surface area contributed by atoms with Crippen molar-refractivity contribution in [3.05, 3.63) is 77.6 Å². The predicted octanol–water partition coefficient (Wildman–Crippen LogP) is 4.52. The van der Waals surface area contributed by atoms with Crippen LogP contribution in [0.1, 0.15) is 43.1 Å². The molecule has 3 amide bonds. The summed E-state index contributed by atoms with van der Waals surface area (Å²) in [5.74, 6) is -0.932. The van der Waals surface area contributed by atoms with Gasteiger partial charge in [0.15, 0.2) is 0 Å². The number of nitrogens with zero attached hydrogens (tertiary/aromatic N) is 2. The van der Waals surface area contributed by atoms with Crippen LogP contribution in [0, 0.1) is 11.7 Å². The summed E-state index contributed by atoms with van der Waals surface area (Å²) in [7, 11) is 0. The first-order valence-electron chi connectivity index (χ1n) is 11.9. The van der Waals surface area contributed by atoms with Crippen molar-refractivity contribution in [3.8, 4) is 0 Å². The van der Waals surface area contributed by atoms with E-state index in [2.05, 4.69) is 5.32 Å². The van der Waals surface area contributed by atoms with Crippen LogP contribution in [0.2, 0.25) is 0 Å². The van der Waals surface area contributed by atoms with Crippen molar-refractivity contribution in [1.29, 1.82) is 0 Å². The molecular weight excluding hydrogens is 445 g/mol. The molecule has 1 aliphatic rings. The second-order valence-corrected chi connectivity index (χ2v) is 9.28. The van der Waals surface area contributed by atoms with E-state index in [1.54, 1.807) is 18.2 Å². The lowest BCUT2D eigenvalue weighted by atomic mass is 10.1. The molecule has 1 atom stereocenters. The van der Waals surface area contributed by atoms with E-state index in [4.69, 9.17) is 0 Å². The van der Waals surface area contributed by atoms with Gasteiger partial charge in [0.05, 0.1) is 5.69 Å².